The fourth-order valence-corrected chi connectivity index (χ4v) is 1.72. The molecule has 1 aromatic heterocycles. The molecule has 0 bridgehead atoms. The fraction of sp³-hybridized carbons (Fsp3) is 0.778. The summed E-state index contributed by atoms with van der Waals surface area (Å²) in [5, 5.41) is 8.11. The molecule has 1 rings (SSSR count). The lowest BCUT2D eigenvalue weighted by molar-refractivity contribution is 0.490. The summed E-state index contributed by atoms with van der Waals surface area (Å²) in [4.78, 5) is 0. The highest BCUT2D eigenvalue weighted by Gasteiger charge is 2.11. The largest absolute Gasteiger partial charge is 0.246 e. The zero-order chi connectivity index (χ0) is 9.84. The molecule has 1 aromatic rings. The Kier molecular flexibility index (Phi) is 3.90. The summed E-state index contributed by atoms with van der Waals surface area (Å²) in [6.07, 6.45) is 3.46. The van der Waals surface area contributed by atoms with E-state index in [4.69, 9.17) is 0 Å². The Balaban J connectivity index is 2.82. The maximum absolute atomic E-state index is 4.09. The fourth-order valence-electron chi connectivity index (χ4n) is 1.27. The standard InChI is InChI=1S/C9H16BrN3/c1-4-5-6-8-9(10)11-12-13(8)7(2)3/h7H,4-6H2,1-3H3. The summed E-state index contributed by atoms with van der Waals surface area (Å²) in [6.45, 7) is 6.44. The second kappa shape index (κ2) is 4.74. The molecule has 0 aromatic carbocycles. The summed E-state index contributed by atoms with van der Waals surface area (Å²) < 4.78 is 2.88. The molecular weight excluding hydrogens is 230 g/mol. The summed E-state index contributed by atoms with van der Waals surface area (Å²) in [6, 6.07) is 0.394. The Morgan fingerprint density at radius 1 is 1.46 bits per heavy atom. The average molecular weight is 246 g/mol. The molecule has 13 heavy (non-hydrogen) atoms. The number of rotatable bonds is 4. The third-order valence-corrected chi connectivity index (χ3v) is 2.62. The van der Waals surface area contributed by atoms with Crippen LogP contribution in [0.15, 0.2) is 4.60 Å². The van der Waals surface area contributed by atoms with Gasteiger partial charge in [-0.3, -0.25) is 0 Å². The van der Waals surface area contributed by atoms with E-state index < -0.39 is 0 Å². The first-order valence-corrected chi connectivity index (χ1v) is 5.55. The van der Waals surface area contributed by atoms with Crippen molar-refractivity contribution in [2.75, 3.05) is 0 Å². The first kappa shape index (κ1) is 10.7. The van der Waals surface area contributed by atoms with E-state index in [2.05, 4.69) is 47.0 Å². The minimum absolute atomic E-state index is 0.394. The van der Waals surface area contributed by atoms with Crippen molar-refractivity contribution in [3.05, 3.63) is 10.3 Å². The minimum Gasteiger partial charge on any atom is -0.246 e. The smallest absolute Gasteiger partial charge is 0.151 e. The van der Waals surface area contributed by atoms with Crippen molar-refractivity contribution in [1.82, 2.24) is 15.0 Å². The van der Waals surface area contributed by atoms with E-state index in [-0.39, 0.29) is 0 Å². The first-order valence-electron chi connectivity index (χ1n) is 4.76. The van der Waals surface area contributed by atoms with E-state index in [1.807, 2.05) is 4.68 Å². The first-order chi connectivity index (χ1) is 6.16. The molecule has 0 aliphatic heterocycles. The van der Waals surface area contributed by atoms with Crippen LogP contribution >= 0.6 is 15.9 Å². The molecule has 0 spiro atoms. The zero-order valence-corrected chi connectivity index (χ0v) is 10.0. The predicted octanol–water partition coefficient (Wildman–Crippen LogP) is 2.96. The van der Waals surface area contributed by atoms with Crippen molar-refractivity contribution in [2.45, 2.75) is 46.1 Å². The summed E-state index contributed by atoms with van der Waals surface area (Å²) >= 11 is 3.42. The SMILES string of the molecule is CCCCc1c(Br)nnn1C(C)C. The van der Waals surface area contributed by atoms with Crippen LogP contribution in [0.3, 0.4) is 0 Å². The van der Waals surface area contributed by atoms with Gasteiger partial charge in [-0.2, -0.15) is 0 Å². The monoisotopic (exact) mass is 245 g/mol. The van der Waals surface area contributed by atoms with Gasteiger partial charge in [0.2, 0.25) is 0 Å². The van der Waals surface area contributed by atoms with E-state index in [9.17, 15) is 0 Å². The van der Waals surface area contributed by atoms with Gasteiger partial charge in [-0.15, -0.1) is 5.10 Å². The number of hydrogen-bond acceptors (Lipinski definition) is 2. The van der Waals surface area contributed by atoms with Crippen LogP contribution in [0.2, 0.25) is 0 Å². The highest BCUT2D eigenvalue weighted by atomic mass is 79.9. The van der Waals surface area contributed by atoms with Gasteiger partial charge in [0.1, 0.15) is 0 Å². The van der Waals surface area contributed by atoms with Crippen LogP contribution in [0.4, 0.5) is 0 Å². The van der Waals surface area contributed by atoms with Crippen LogP contribution in [-0.2, 0) is 6.42 Å². The summed E-state index contributed by atoms with van der Waals surface area (Å²) in [5.41, 5.74) is 1.22. The van der Waals surface area contributed by atoms with Crippen molar-refractivity contribution < 1.29 is 0 Å². The van der Waals surface area contributed by atoms with Gasteiger partial charge in [-0.05, 0) is 42.6 Å². The lowest BCUT2D eigenvalue weighted by Gasteiger charge is -2.08. The number of hydrogen-bond donors (Lipinski definition) is 0. The highest BCUT2D eigenvalue weighted by molar-refractivity contribution is 9.10. The number of halogens is 1. The van der Waals surface area contributed by atoms with Gasteiger partial charge in [-0.25, -0.2) is 4.68 Å². The van der Waals surface area contributed by atoms with Crippen molar-refractivity contribution in [1.29, 1.82) is 0 Å². The minimum atomic E-state index is 0.394. The maximum Gasteiger partial charge on any atom is 0.151 e. The molecule has 0 saturated heterocycles. The Morgan fingerprint density at radius 2 is 2.15 bits per heavy atom. The number of nitrogens with zero attached hydrogens (tertiary/aromatic N) is 3. The molecule has 1 heterocycles. The van der Waals surface area contributed by atoms with Crippen molar-refractivity contribution in [3.63, 3.8) is 0 Å². The Morgan fingerprint density at radius 3 is 2.69 bits per heavy atom. The van der Waals surface area contributed by atoms with Crippen molar-refractivity contribution >= 4 is 15.9 Å². The van der Waals surface area contributed by atoms with E-state index in [1.165, 1.54) is 18.5 Å². The van der Waals surface area contributed by atoms with Crippen molar-refractivity contribution in [3.8, 4) is 0 Å². The van der Waals surface area contributed by atoms with Crippen LogP contribution in [0.1, 0.15) is 45.3 Å². The van der Waals surface area contributed by atoms with Gasteiger partial charge in [0.05, 0.1) is 5.69 Å². The normalized spacial score (nSPS) is 11.2. The summed E-state index contributed by atoms with van der Waals surface area (Å²) in [5.74, 6) is 0. The van der Waals surface area contributed by atoms with Gasteiger partial charge in [0, 0.05) is 6.04 Å². The van der Waals surface area contributed by atoms with Gasteiger partial charge in [0.15, 0.2) is 4.60 Å². The van der Waals surface area contributed by atoms with Crippen LogP contribution in [0.5, 0.6) is 0 Å². The zero-order valence-electron chi connectivity index (χ0n) is 8.42. The van der Waals surface area contributed by atoms with E-state index in [0.717, 1.165) is 11.0 Å². The molecule has 0 aliphatic carbocycles. The lowest BCUT2D eigenvalue weighted by atomic mass is 10.2. The number of unbranched alkanes of at least 4 members (excludes halogenated alkanes) is 1. The van der Waals surface area contributed by atoms with Crippen molar-refractivity contribution in [2.24, 2.45) is 0 Å². The van der Waals surface area contributed by atoms with E-state index in [1.54, 1.807) is 0 Å². The molecule has 74 valence electrons. The molecule has 0 unspecified atom stereocenters. The molecule has 0 aliphatic rings. The molecule has 0 amide bonds. The number of aromatic nitrogens is 3. The molecule has 0 atom stereocenters. The van der Waals surface area contributed by atoms with Gasteiger partial charge >= 0.3 is 0 Å². The van der Waals surface area contributed by atoms with Gasteiger partial charge in [-0.1, -0.05) is 18.6 Å². The van der Waals surface area contributed by atoms with E-state index in [0.29, 0.717) is 6.04 Å². The Bertz CT molecular complexity index is 268. The molecular formula is C9H16BrN3. The van der Waals surface area contributed by atoms with Crippen LogP contribution < -0.4 is 0 Å². The van der Waals surface area contributed by atoms with Gasteiger partial charge in [0.25, 0.3) is 0 Å². The van der Waals surface area contributed by atoms with Crippen LogP contribution in [0.25, 0.3) is 0 Å². The van der Waals surface area contributed by atoms with Gasteiger partial charge < -0.3 is 0 Å². The molecule has 0 saturated carbocycles. The molecule has 4 heteroatoms. The average Bonchev–Trinajstić information content (AvgIpc) is 2.43. The van der Waals surface area contributed by atoms with Crippen LogP contribution in [0, 0.1) is 0 Å². The summed E-state index contributed by atoms with van der Waals surface area (Å²) in [7, 11) is 0. The van der Waals surface area contributed by atoms with Crippen LogP contribution in [-0.4, -0.2) is 15.0 Å². The molecule has 3 nitrogen and oxygen atoms in total. The predicted molar refractivity (Wildman–Crippen MR) is 56.7 cm³/mol. The van der Waals surface area contributed by atoms with E-state index >= 15 is 0 Å². The molecule has 0 radical (unpaired) electrons. The second-order valence-corrected chi connectivity index (χ2v) is 4.22. The quantitative estimate of drug-likeness (QED) is 0.817. The maximum atomic E-state index is 4.09. The Hall–Kier alpha value is -0.380. The lowest BCUT2D eigenvalue weighted by Crippen LogP contribution is -2.07. The second-order valence-electron chi connectivity index (χ2n) is 3.47. The topological polar surface area (TPSA) is 30.7 Å². The highest BCUT2D eigenvalue weighted by Crippen LogP contribution is 2.18. The third-order valence-electron chi connectivity index (χ3n) is 2.00. The molecule has 0 fully saturated rings. The molecule has 0 N–H and O–H groups in total. The third kappa shape index (κ3) is 2.53. The Labute approximate surface area is 87.6 Å².